The molecule has 0 bridgehead atoms. The lowest BCUT2D eigenvalue weighted by Crippen LogP contribution is -2.59. The van der Waals surface area contributed by atoms with E-state index in [9.17, 15) is 33.9 Å². The molecule has 1 fully saturated rings. The summed E-state index contributed by atoms with van der Waals surface area (Å²) in [4.78, 5) is 76.9. The van der Waals surface area contributed by atoms with E-state index in [-0.39, 0.29) is 17.6 Å². The summed E-state index contributed by atoms with van der Waals surface area (Å²) in [7, 11) is 0. The second-order valence-corrected chi connectivity index (χ2v) is 13.9. The molecule has 13 heteroatoms. The van der Waals surface area contributed by atoms with E-state index >= 15 is 0 Å². The fourth-order valence-electron chi connectivity index (χ4n) is 6.88. The number of carbonyl (C=O) groups excluding carboxylic acids is 6. The number of hydrogen-bond acceptors (Lipinski definition) is 13. The Labute approximate surface area is 292 Å². The van der Waals surface area contributed by atoms with Crippen LogP contribution < -0.4 is 0 Å². The van der Waals surface area contributed by atoms with Gasteiger partial charge < -0.3 is 33.5 Å². The summed E-state index contributed by atoms with van der Waals surface area (Å²) in [6.45, 7) is 13.8. The average Bonchev–Trinajstić information content (AvgIpc) is 3.23. The summed E-state index contributed by atoms with van der Waals surface area (Å²) in [5, 5.41) is 12.5. The van der Waals surface area contributed by atoms with Crippen molar-refractivity contribution in [3.8, 4) is 0 Å². The molecule has 0 radical (unpaired) electrons. The third-order valence-corrected chi connectivity index (χ3v) is 8.81. The SMILES string of the molecule is CC(=O)O[C@@H]1[C@@H](OC(C)=O)C(C)(C)/C=C/[C@H](C)[C@H](OC(C)=O)[C@@]2(OC(C)=O)C[C@H](C)[C@H](OC(=O)c3ccccc3)/C2=C\[C@@](C)(O)[C@@H]1OC(C)=O. The van der Waals surface area contributed by atoms with Crippen molar-refractivity contribution in [2.24, 2.45) is 17.3 Å². The molecule has 0 saturated heterocycles. The molecule has 13 nitrogen and oxygen atoms in total. The molecule has 1 aromatic rings. The average molecular weight is 701 g/mol. The van der Waals surface area contributed by atoms with Gasteiger partial charge in [-0.15, -0.1) is 0 Å². The lowest BCUT2D eigenvalue weighted by molar-refractivity contribution is -0.207. The summed E-state index contributed by atoms with van der Waals surface area (Å²) >= 11 is 0. The highest BCUT2D eigenvalue weighted by molar-refractivity contribution is 5.89. The van der Waals surface area contributed by atoms with Crippen LogP contribution in [-0.4, -0.2) is 82.6 Å². The van der Waals surface area contributed by atoms with Crippen LogP contribution in [0.4, 0.5) is 0 Å². The monoisotopic (exact) mass is 700 g/mol. The van der Waals surface area contributed by atoms with Crippen molar-refractivity contribution in [1.82, 2.24) is 0 Å². The number of ether oxygens (including phenoxy) is 6. The van der Waals surface area contributed by atoms with Gasteiger partial charge in [-0.25, -0.2) is 4.79 Å². The minimum absolute atomic E-state index is 0.0254. The molecule has 2 aliphatic rings. The van der Waals surface area contributed by atoms with E-state index < -0.39 is 94.8 Å². The minimum Gasteiger partial charge on any atom is -0.458 e. The quantitative estimate of drug-likeness (QED) is 0.244. The molecular weight excluding hydrogens is 652 g/mol. The zero-order chi connectivity index (χ0) is 37.8. The molecule has 1 N–H and O–H groups in total. The summed E-state index contributed by atoms with van der Waals surface area (Å²) in [6, 6.07) is 8.15. The minimum atomic E-state index is -2.32. The van der Waals surface area contributed by atoms with Crippen LogP contribution >= 0.6 is 0 Å². The first-order chi connectivity index (χ1) is 23.1. The van der Waals surface area contributed by atoms with Crippen molar-refractivity contribution in [1.29, 1.82) is 0 Å². The van der Waals surface area contributed by atoms with Gasteiger partial charge in [0.05, 0.1) is 5.56 Å². The van der Waals surface area contributed by atoms with Crippen LogP contribution in [0.2, 0.25) is 0 Å². The molecule has 9 atom stereocenters. The van der Waals surface area contributed by atoms with Crippen molar-refractivity contribution in [2.75, 3.05) is 0 Å². The van der Waals surface area contributed by atoms with E-state index in [0.717, 1.165) is 20.8 Å². The Balaban J connectivity index is 2.50. The molecule has 0 aromatic heterocycles. The van der Waals surface area contributed by atoms with E-state index in [1.165, 1.54) is 26.8 Å². The zero-order valence-electron chi connectivity index (χ0n) is 30.2. The Bertz CT molecular complexity index is 1520. The van der Waals surface area contributed by atoms with Gasteiger partial charge in [0.2, 0.25) is 0 Å². The normalized spacial score (nSPS) is 33.7. The van der Waals surface area contributed by atoms with Gasteiger partial charge in [-0.1, -0.05) is 58.0 Å². The molecule has 0 spiro atoms. The highest BCUT2D eigenvalue weighted by atomic mass is 16.6. The number of esters is 6. The van der Waals surface area contributed by atoms with Gasteiger partial charge >= 0.3 is 35.8 Å². The highest BCUT2D eigenvalue weighted by Crippen LogP contribution is 2.51. The first-order valence-corrected chi connectivity index (χ1v) is 16.4. The number of hydrogen-bond donors (Lipinski definition) is 1. The Morgan fingerprint density at radius 1 is 0.700 bits per heavy atom. The Hall–Kier alpha value is -4.52. The summed E-state index contributed by atoms with van der Waals surface area (Å²) in [6.07, 6.45) is -2.61. The molecule has 0 aliphatic heterocycles. The van der Waals surface area contributed by atoms with Gasteiger partial charge in [0.1, 0.15) is 11.7 Å². The maximum absolute atomic E-state index is 13.5. The predicted octanol–water partition coefficient (Wildman–Crippen LogP) is 4.19. The summed E-state index contributed by atoms with van der Waals surface area (Å²) in [5.41, 5.74) is -5.09. The van der Waals surface area contributed by atoms with E-state index in [1.54, 1.807) is 70.2 Å². The predicted molar refractivity (Wildman–Crippen MR) is 177 cm³/mol. The van der Waals surface area contributed by atoms with Crippen molar-refractivity contribution >= 4 is 35.8 Å². The molecule has 0 unspecified atom stereocenters. The highest BCUT2D eigenvalue weighted by Gasteiger charge is 2.61. The van der Waals surface area contributed by atoms with Crippen LogP contribution in [0, 0.1) is 17.3 Å². The smallest absolute Gasteiger partial charge is 0.338 e. The fourth-order valence-corrected chi connectivity index (χ4v) is 6.88. The van der Waals surface area contributed by atoms with Crippen molar-refractivity contribution in [3.05, 3.63) is 59.7 Å². The number of carbonyl (C=O) groups is 6. The maximum atomic E-state index is 13.5. The zero-order valence-corrected chi connectivity index (χ0v) is 30.2. The van der Waals surface area contributed by atoms with Crippen LogP contribution in [0.15, 0.2) is 54.1 Å². The van der Waals surface area contributed by atoms with Gasteiger partial charge in [-0.2, -0.15) is 0 Å². The van der Waals surface area contributed by atoms with Gasteiger partial charge in [0, 0.05) is 63.9 Å². The number of fused-ring (bicyclic) bond motifs is 1. The largest absolute Gasteiger partial charge is 0.458 e. The third-order valence-electron chi connectivity index (χ3n) is 8.81. The molecule has 0 amide bonds. The van der Waals surface area contributed by atoms with Gasteiger partial charge in [0.15, 0.2) is 30.0 Å². The van der Waals surface area contributed by atoms with Crippen LogP contribution in [0.25, 0.3) is 0 Å². The van der Waals surface area contributed by atoms with Crippen LogP contribution in [-0.2, 0) is 52.4 Å². The Kier molecular flexibility index (Phi) is 12.4. The van der Waals surface area contributed by atoms with Crippen molar-refractivity contribution in [2.45, 2.75) is 117 Å². The van der Waals surface area contributed by atoms with E-state index in [1.807, 2.05) is 0 Å². The van der Waals surface area contributed by atoms with Gasteiger partial charge in [-0.3, -0.25) is 24.0 Å². The standard InChI is InChI=1S/C37H48O13/c1-20-16-17-35(8,9)32(47-24(5)40)30(45-22(3)38)33(48-25(6)41)36(10,44)19-28-29(49-34(43)27-14-12-11-13-15-27)21(2)18-37(28,50-26(7)42)31(20)46-23(4)39/h11-17,19-21,29-33,44H,18H2,1-10H3/b17-16+,28-19+/t20-,21-,29-,30+,31-,32+,33+,36+,37+/m0/s1. The van der Waals surface area contributed by atoms with Gasteiger partial charge in [-0.05, 0) is 25.1 Å². The second kappa shape index (κ2) is 15.6. The van der Waals surface area contributed by atoms with E-state index in [0.29, 0.717) is 0 Å². The van der Waals surface area contributed by atoms with E-state index in [4.69, 9.17) is 28.4 Å². The molecule has 274 valence electrons. The summed E-state index contributed by atoms with van der Waals surface area (Å²) < 4.78 is 35.3. The van der Waals surface area contributed by atoms with Crippen molar-refractivity contribution in [3.63, 3.8) is 0 Å². The Morgan fingerprint density at radius 2 is 1.22 bits per heavy atom. The third kappa shape index (κ3) is 9.17. The van der Waals surface area contributed by atoms with Crippen LogP contribution in [0.1, 0.15) is 86.0 Å². The Morgan fingerprint density at radius 3 is 1.74 bits per heavy atom. The molecule has 50 heavy (non-hydrogen) atoms. The van der Waals surface area contributed by atoms with Crippen molar-refractivity contribution < 1.29 is 62.3 Å². The number of rotatable bonds is 7. The molecular formula is C37H48O13. The topological polar surface area (TPSA) is 178 Å². The van der Waals surface area contributed by atoms with Crippen LogP contribution in [0.5, 0.6) is 0 Å². The molecule has 3 rings (SSSR count). The second-order valence-electron chi connectivity index (χ2n) is 13.9. The van der Waals surface area contributed by atoms with Gasteiger partial charge in [0.25, 0.3) is 0 Å². The van der Waals surface area contributed by atoms with E-state index in [2.05, 4.69) is 0 Å². The lowest BCUT2D eigenvalue weighted by atomic mass is 9.74. The first kappa shape index (κ1) is 39.9. The molecule has 2 aliphatic carbocycles. The number of aliphatic hydroxyl groups is 1. The molecule has 1 saturated carbocycles. The fraction of sp³-hybridized carbons (Fsp3) is 0.568. The first-order valence-electron chi connectivity index (χ1n) is 16.4. The number of benzene rings is 1. The van der Waals surface area contributed by atoms with Crippen LogP contribution in [0.3, 0.4) is 0 Å². The maximum Gasteiger partial charge on any atom is 0.338 e. The molecule has 0 heterocycles. The molecule has 1 aromatic carbocycles. The lowest BCUT2D eigenvalue weighted by Gasteiger charge is -2.45. The summed E-state index contributed by atoms with van der Waals surface area (Å²) in [5.74, 6) is -5.97.